The normalized spacial score (nSPS) is 11.9. The number of nitrogens with one attached hydrogen (secondary N) is 1. The summed E-state index contributed by atoms with van der Waals surface area (Å²) in [5.74, 6) is 0.399. The molecule has 100 valence electrons. The van der Waals surface area contributed by atoms with Crippen molar-refractivity contribution in [3.8, 4) is 5.75 Å². The van der Waals surface area contributed by atoms with Crippen LogP contribution in [-0.4, -0.2) is 13.0 Å². The summed E-state index contributed by atoms with van der Waals surface area (Å²) in [4.78, 5) is 12.8. The van der Waals surface area contributed by atoms with Crippen molar-refractivity contribution in [2.75, 3.05) is 12.4 Å². The number of carbonyl (C=O) groups excluding carboxylic acids is 1. The third-order valence-electron chi connectivity index (χ3n) is 2.69. The van der Waals surface area contributed by atoms with Crippen LogP contribution in [0.2, 0.25) is 0 Å². The Morgan fingerprint density at radius 3 is 2.79 bits per heavy atom. The molecular weight excluding hydrogens is 282 g/mol. The predicted octanol–water partition coefficient (Wildman–Crippen LogP) is 4.31. The summed E-state index contributed by atoms with van der Waals surface area (Å²) in [7, 11) is 1.55. The minimum Gasteiger partial charge on any atom is -0.495 e. The lowest BCUT2D eigenvalue weighted by Gasteiger charge is -2.12. The van der Waals surface area contributed by atoms with Gasteiger partial charge in [0.1, 0.15) is 10.6 Å². The average molecular weight is 296 g/mol. The first kappa shape index (κ1) is 13.9. The summed E-state index contributed by atoms with van der Waals surface area (Å²) < 4.78 is 5.15. The van der Waals surface area contributed by atoms with Crippen LogP contribution in [0, 0.1) is 0 Å². The molecule has 0 saturated heterocycles. The molecule has 1 aromatic heterocycles. The van der Waals surface area contributed by atoms with Crippen molar-refractivity contribution >= 4 is 34.5 Å². The average Bonchev–Trinajstić information content (AvgIpc) is 2.87. The predicted molar refractivity (Wildman–Crippen MR) is 79.5 cm³/mol. The number of hydrogen-bond donors (Lipinski definition) is 1. The molecule has 1 heterocycles. The van der Waals surface area contributed by atoms with Gasteiger partial charge < -0.3 is 10.1 Å². The Balaban J connectivity index is 2.24. The second-order valence-electron chi connectivity index (χ2n) is 3.98. The standard InChI is InChI=1S/C14H14ClNO2S/c1-9(15)10-5-3-4-6-11(10)16-14(17)13-12(18-2)7-8-19-13/h3-9H,1-2H3,(H,16,17). The highest BCUT2D eigenvalue weighted by atomic mass is 35.5. The highest BCUT2D eigenvalue weighted by molar-refractivity contribution is 7.12. The molecule has 1 aromatic carbocycles. The third kappa shape index (κ3) is 3.08. The van der Waals surface area contributed by atoms with Gasteiger partial charge in [-0.05, 0) is 30.0 Å². The molecule has 0 spiro atoms. The molecule has 0 aliphatic heterocycles. The summed E-state index contributed by atoms with van der Waals surface area (Å²) in [6, 6.07) is 9.28. The molecule has 2 rings (SSSR count). The fraction of sp³-hybridized carbons (Fsp3) is 0.214. The van der Waals surface area contributed by atoms with Gasteiger partial charge in [0, 0.05) is 5.69 Å². The fourth-order valence-corrected chi connectivity index (χ4v) is 2.70. The molecule has 3 nitrogen and oxygen atoms in total. The van der Waals surface area contributed by atoms with Crippen molar-refractivity contribution in [3.63, 3.8) is 0 Å². The number of carbonyl (C=O) groups is 1. The summed E-state index contributed by atoms with van der Waals surface area (Å²) in [5.41, 5.74) is 1.62. The van der Waals surface area contributed by atoms with Crippen LogP contribution in [0.25, 0.3) is 0 Å². The van der Waals surface area contributed by atoms with Gasteiger partial charge in [0.2, 0.25) is 0 Å². The molecule has 0 saturated carbocycles. The zero-order valence-electron chi connectivity index (χ0n) is 10.6. The van der Waals surface area contributed by atoms with E-state index in [1.54, 1.807) is 13.2 Å². The lowest BCUT2D eigenvalue weighted by molar-refractivity contribution is 0.102. The van der Waals surface area contributed by atoms with E-state index in [2.05, 4.69) is 5.32 Å². The molecule has 0 fully saturated rings. The largest absolute Gasteiger partial charge is 0.495 e. The van der Waals surface area contributed by atoms with Crippen molar-refractivity contribution in [3.05, 3.63) is 46.2 Å². The van der Waals surface area contributed by atoms with Crippen LogP contribution in [0.3, 0.4) is 0 Å². The molecule has 19 heavy (non-hydrogen) atoms. The maximum atomic E-state index is 12.2. The zero-order valence-corrected chi connectivity index (χ0v) is 12.2. The number of para-hydroxylation sites is 1. The third-order valence-corrected chi connectivity index (χ3v) is 3.82. The maximum Gasteiger partial charge on any atom is 0.269 e. The van der Waals surface area contributed by atoms with Crippen LogP contribution in [-0.2, 0) is 0 Å². The number of hydrogen-bond acceptors (Lipinski definition) is 3. The molecule has 1 N–H and O–H groups in total. The van der Waals surface area contributed by atoms with Crippen molar-refractivity contribution in [2.24, 2.45) is 0 Å². The molecule has 2 aromatic rings. The molecule has 0 radical (unpaired) electrons. The van der Waals surface area contributed by atoms with Crippen LogP contribution in [0.1, 0.15) is 27.5 Å². The monoisotopic (exact) mass is 295 g/mol. The van der Waals surface area contributed by atoms with E-state index >= 15 is 0 Å². The maximum absolute atomic E-state index is 12.2. The summed E-state index contributed by atoms with van der Waals surface area (Å²) >= 11 is 7.45. The first-order valence-corrected chi connectivity index (χ1v) is 7.11. The number of alkyl halides is 1. The van der Waals surface area contributed by atoms with E-state index in [0.29, 0.717) is 10.6 Å². The molecule has 0 aliphatic rings. The smallest absolute Gasteiger partial charge is 0.269 e. The number of benzene rings is 1. The number of anilines is 1. The van der Waals surface area contributed by atoms with Gasteiger partial charge >= 0.3 is 0 Å². The van der Waals surface area contributed by atoms with Gasteiger partial charge in [-0.3, -0.25) is 4.79 Å². The van der Waals surface area contributed by atoms with Gasteiger partial charge in [-0.2, -0.15) is 0 Å². The number of halogens is 1. The number of thiophene rings is 1. The van der Waals surface area contributed by atoms with Crippen LogP contribution in [0.4, 0.5) is 5.69 Å². The van der Waals surface area contributed by atoms with E-state index in [4.69, 9.17) is 16.3 Å². The minimum atomic E-state index is -0.184. The molecule has 1 unspecified atom stereocenters. The highest BCUT2D eigenvalue weighted by Gasteiger charge is 2.16. The summed E-state index contributed by atoms with van der Waals surface area (Å²) in [6.45, 7) is 1.87. The van der Waals surface area contributed by atoms with Gasteiger partial charge in [-0.1, -0.05) is 18.2 Å². The number of rotatable bonds is 4. The summed E-state index contributed by atoms with van der Waals surface area (Å²) in [6.07, 6.45) is 0. The fourth-order valence-electron chi connectivity index (χ4n) is 1.76. The second-order valence-corrected chi connectivity index (χ2v) is 5.55. The Morgan fingerprint density at radius 1 is 1.37 bits per heavy atom. The lowest BCUT2D eigenvalue weighted by Crippen LogP contribution is -2.12. The van der Waals surface area contributed by atoms with Crippen LogP contribution < -0.4 is 10.1 Å². The quantitative estimate of drug-likeness (QED) is 0.854. The van der Waals surface area contributed by atoms with Crippen molar-refractivity contribution < 1.29 is 9.53 Å². The van der Waals surface area contributed by atoms with Crippen molar-refractivity contribution in [1.29, 1.82) is 0 Å². The van der Waals surface area contributed by atoms with Crippen molar-refractivity contribution in [2.45, 2.75) is 12.3 Å². The molecular formula is C14H14ClNO2S. The van der Waals surface area contributed by atoms with E-state index in [0.717, 1.165) is 11.3 Å². The van der Waals surface area contributed by atoms with Crippen LogP contribution >= 0.6 is 22.9 Å². The van der Waals surface area contributed by atoms with Gasteiger partial charge in [0.15, 0.2) is 0 Å². The van der Waals surface area contributed by atoms with E-state index < -0.39 is 0 Å². The van der Waals surface area contributed by atoms with Gasteiger partial charge in [0.25, 0.3) is 5.91 Å². The van der Waals surface area contributed by atoms with Gasteiger partial charge in [-0.25, -0.2) is 0 Å². The van der Waals surface area contributed by atoms with Crippen LogP contribution in [0.15, 0.2) is 35.7 Å². The Bertz CT molecular complexity index is 580. The van der Waals surface area contributed by atoms with Gasteiger partial charge in [-0.15, -0.1) is 22.9 Å². The van der Waals surface area contributed by atoms with Gasteiger partial charge in [0.05, 0.1) is 12.5 Å². The first-order chi connectivity index (χ1) is 9.13. The second kappa shape index (κ2) is 6.08. The molecule has 0 aliphatic carbocycles. The first-order valence-electron chi connectivity index (χ1n) is 5.79. The Hall–Kier alpha value is -1.52. The number of ether oxygens (including phenoxy) is 1. The Kier molecular flexibility index (Phi) is 4.45. The molecule has 0 bridgehead atoms. The Morgan fingerprint density at radius 2 is 2.11 bits per heavy atom. The number of amides is 1. The highest BCUT2D eigenvalue weighted by Crippen LogP contribution is 2.29. The molecule has 5 heteroatoms. The van der Waals surface area contributed by atoms with E-state index in [-0.39, 0.29) is 11.3 Å². The molecule has 1 amide bonds. The topological polar surface area (TPSA) is 38.3 Å². The summed E-state index contributed by atoms with van der Waals surface area (Å²) in [5, 5.41) is 4.53. The van der Waals surface area contributed by atoms with Crippen molar-refractivity contribution in [1.82, 2.24) is 0 Å². The SMILES string of the molecule is COc1ccsc1C(=O)Nc1ccccc1C(C)Cl. The molecule has 1 atom stereocenters. The van der Waals surface area contributed by atoms with E-state index in [9.17, 15) is 4.79 Å². The van der Waals surface area contributed by atoms with E-state index in [1.165, 1.54) is 11.3 Å². The lowest BCUT2D eigenvalue weighted by atomic mass is 10.1. The Labute approximate surface area is 121 Å². The van der Waals surface area contributed by atoms with Crippen LogP contribution in [0.5, 0.6) is 5.75 Å². The number of methoxy groups -OCH3 is 1. The minimum absolute atomic E-state index is 0.165. The van der Waals surface area contributed by atoms with E-state index in [1.807, 2.05) is 36.6 Å². The zero-order chi connectivity index (χ0) is 13.8.